The van der Waals surface area contributed by atoms with Gasteiger partial charge in [-0.2, -0.15) is 0 Å². The Hall–Kier alpha value is -0.740. The molecule has 1 unspecified atom stereocenters. The smallest absolute Gasteiger partial charge is 0.187 e. The van der Waals surface area contributed by atoms with E-state index in [0.717, 1.165) is 38.7 Å². The highest BCUT2D eigenvalue weighted by Gasteiger charge is 2.68. The number of aliphatic hydroxyl groups is 6. The van der Waals surface area contributed by atoms with E-state index >= 15 is 0 Å². The minimum Gasteiger partial charge on any atom is -0.394 e. The lowest BCUT2D eigenvalue weighted by Crippen LogP contribution is -2.64. The second-order valence-electron chi connectivity index (χ2n) is 18.3. The summed E-state index contributed by atoms with van der Waals surface area (Å²) in [7, 11) is 0. The Kier molecular flexibility index (Phi) is 9.83. The van der Waals surface area contributed by atoms with Crippen molar-refractivity contribution in [3.8, 4) is 0 Å². The molecule has 6 N–H and O–H groups in total. The van der Waals surface area contributed by atoms with Gasteiger partial charge in [0.05, 0.1) is 31.5 Å². The van der Waals surface area contributed by atoms with Crippen LogP contribution in [0.1, 0.15) is 92.4 Å². The van der Waals surface area contributed by atoms with E-state index in [0.29, 0.717) is 41.9 Å². The van der Waals surface area contributed by atoms with E-state index < -0.39 is 73.8 Å². The van der Waals surface area contributed by atoms with Crippen LogP contribution in [0.3, 0.4) is 0 Å². The molecule has 4 heterocycles. The van der Waals surface area contributed by atoms with Crippen LogP contribution in [0.2, 0.25) is 0 Å². The third-order valence-electron chi connectivity index (χ3n) is 15.6. The van der Waals surface area contributed by atoms with Crippen LogP contribution in [0.25, 0.3) is 0 Å². The Bertz CT molecular complexity index is 1300. The fraction of sp³-hybridized carbons (Fsp3) is 0.949. The Balaban J connectivity index is 0.964. The minimum absolute atomic E-state index is 0.0535. The van der Waals surface area contributed by atoms with Gasteiger partial charge in [-0.05, 0) is 98.7 Å². The van der Waals surface area contributed by atoms with Crippen molar-refractivity contribution in [2.45, 2.75) is 172 Å². The number of hydrogen-bond acceptors (Lipinski definition) is 12. The van der Waals surface area contributed by atoms with Crippen molar-refractivity contribution < 1.29 is 59.1 Å². The summed E-state index contributed by atoms with van der Waals surface area (Å²) >= 11 is 0. The topological polar surface area (TPSA) is 177 Å². The second kappa shape index (κ2) is 13.5. The highest BCUT2D eigenvalue weighted by atomic mass is 16.8. The van der Waals surface area contributed by atoms with Gasteiger partial charge in [0.25, 0.3) is 0 Å². The fourth-order valence-electron chi connectivity index (χ4n) is 12.5. The average molecular weight is 723 g/mol. The van der Waals surface area contributed by atoms with Crippen LogP contribution >= 0.6 is 0 Å². The molecular weight excluding hydrogens is 660 g/mol. The summed E-state index contributed by atoms with van der Waals surface area (Å²) in [6, 6.07) is 0. The van der Waals surface area contributed by atoms with E-state index in [2.05, 4.69) is 33.8 Å². The van der Waals surface area contributed by atoms with E-state index in [-0.39, 0.29) is 23.0 Å². The summed E-state index contributed by atoms with van der Waals surface area (Å²) in [4.78, 5) is 0. The summed E-state index contributed by atoms with van der Waals surface area (Å²) in [5, 5.41) is 62.9. The van der Waals surface area contributed by atoms with E-state index in [1.54, 1.807) is 0 Å². The number of fused-ring (bicyclic) bond motifs is 7. The van der Waals surface area contributed by atoms with Crippen molar-refractivity contribution in [1.82, 2.24) is 0 Å². The zero-order chi connectivity index (χ0) is 36.2. The van der Waals surface area contributed by atoms with Crippen molar-refractivity contribution in [3.63, 3.8) is 0 Å². The lowest BCUT2D eigenvalue weighted by Gasteiger charge is -2.58. The highest BCUT2D eigenvalue weighted by Crippen LogP contribution is 2.70. The molecule has 8 rings (SSSR count). The van der Waals surface area contributed by atoms with E-state index in [1.807, 2.05) is 0 Å². The van der Waals surface area contributed by atoms with Gasteiger partial charge in [-0.1, -0.05) is 39.3 Å². The molecule has 21 atom stereocenters. The molecule has 0 aromatic heterocycles. The standard InChI is InChI=1S/C39H62O12/c1-18-8-13-39(46-17-18)19(2)28-26(51-39)15-25-23-7-6-21-14-22(9-11-37(21,4)24(23)10-12-38(25,28)5)48-36-34(32(44)30(42)27(16-40)49-36)50-35-33(45)31(43)29(41)20(3)47-35/h6,18-20,22-36,40-45H,7-17H2,1-5H3/t18-,19+,20+,22?,23-,24+,25+,26+,27-,28+,29+,30-,31-,32+,33-,34-,35+,36-,37+,38+,39-/m1/s1. The van der Waals surface area contributed by atoms with Gasteiger partial charge in [0.15, 0.2) is 18.4 Å². The van der Waals surface area contributed by atoms with E-state index in [4.69, 9.17) is 28.4 Å². The number of ether oxygens (including phenoxy) is 6. The van der Waals surface area contributed by atoms with Crippen LogP contribution in [0, 0.1) is 46.3 Å². The van der Waals surface area contributed by atoms with E-state index in [9.17, 15) is 30.6 Å². The zero-order valence-corrected chi connectivity index (χ0v) is 30.9. The molecule has 0 bridgehead atoms. The molecule has 8 aliphatic rings. The van der Waals surface area contributed by atoms with Crippen LogP contribution in [0.5, 0.6) is 0 Å². The molecule has 0 aromatic carbocycles. The number of hydrogen-bond donors (Lipinski definition) is 6. The van der Waals surface area contributed by atoms with Gasteiger partial charge in [0.1, 0.15) is 42.7 Å². The van der Waals surface area contributed by atoms with Gasteiger partial charge in [-0.25, -0.2) is 0 Å². The third kappa shape index (κ3) is 5.84. The zero-order valence-electron chi connectivity index (χ0n) is 30.9. The molecule has 7 fully saturated rings. The monoisotopic (exact) mass is 722 g/mol. The third-order valence-corrected chi connectivity index (χ3v) is 15.6. The molecule has 1 spiro atoms. The first kappa shape index (κ1) is 37.2. The predicted octanol–water partition coefficient (Wildman–Crippen LogP) is 2.39. The van der Waals surface area contributed by atoms with Crippen LogP contribution in [-0.2, 0) is 28.4 Å². The van der Waals surface area contributed by atoms with Crippen LogP contribution in [0.4, 0.5) is 0 Å². The minimum atomic E-state index is -1.61. The molecule has 0 aromatic rings. The number of aliphatic hydroxyl groups excluding tert-OH is 6. The van der Waals surface area contributed by atoms with Crippen molar-refractivity contribution in [1.29, 1.82) is 0 Å². The molecule has 12 nitrogen and oxygen atoms in total. The lowest BCUT2D eigenvalue weighted by molar-refractivity contribution is -0.369. The second-order valence-corrected chi connectivity index (χ2v) is 18.3. The summed E-state index contributed by atoms with van der Waals surface area (Å²) in [5.41, 5.74) is 1.70. The molecule has 0 radical (unpaired) electrons. The Morgan fingerprint density at radius 1 is 0.824 bits per heavy atom. The first-order chi connectivity index (χ1) is 24.2. The van der Waals surface area contributed by atoms with Crippen LogP contribution < -0.4 is 0 Å². The maximum absolute atomic E-state index is 11.1. The molecule has 4 saturated heterocycles. The van der Waals surface area contributed by atoms with E-state index in [1.165, 1.54) is 31.8 Å². The maximum Gasteiger partial charge on any atom is 0.187 e. The molecule has 12 heteroatoms. The average Bonchev–Trinajstić information content (AvgIpc) is 3.56. The van der Waals surface area contributed by atoms with Crippen molar-refractivity contribution in [2.75, 3.05) is 13.2 Å². The number of allylic oxidation sites excluding steroid dienone is 1. The number of rotatable bonds is 5. The normalized spacial score (nSPS) is 58.4. The first-order valence-corrected chi connectivity index (χ1v) is 19.8. The SMILES string of the molecule is C[C@@H]1CC[C@@]2(OC1)O[C@H]1C[C@H]3[C@@H]4CC=C5CC(O[C@@H]6O[C@H](CO)[C@@H](O)[C@H](O)[C@H]6O[C@@H]6O[C@@H](C)[C@H](O)[C@@H](O)[C@H]6O)CC[C@]5(C)[C@H]4CC[C@]3(C)[C@H]1[C@@H]2C. The van der Waals surface area contributed by atoms with Gasteiger partial charge in [0.2, 0.25) is 0 Å². The fourth-order valence-corrected chi connectivity index (χ4v) is 12.5. The Labute approximate surface area is 301 Å². The summed E-state index contributed by atoms with van der Waals surface area (Å²) < 4.78 is 37.6. The van der Waals surface area contributed by atoms with Crippen LogP contribution in [0.15, 0.2) is 11.6 Å². The molecule has 4 aliphatic carbocycles. The Morgan fingerprint density at radius 2 is 1.61 bits per heavy atom. The maximum atomic E-state index is 11.1. The van der Waals surface area contributed by atoms with Crippen molar-refractivity contribution >= 4 is 0 Å². The summed E-state index contributed by atoms with van der Waals surface area (Å²) in [6.45, 7) is 11.5. The predicted molar refractivity (Wildman–Crippen MR) is 182 cm³/mol. The Morgan fingerprint density at radius 3 is 2.33 bits per heavy atom. The largest absolute Gasteiger partial charge is 0.394 e. The van der Waals surface area contributed by atoms with Gasteiger partial charge in [0, 0.05) is 12.3 Å². The summed E-state index contributed by atoms with van der Waals surface area (Å²) in [5.74, 6) is 2.92. The van der Waals surface area contributed by atoms with Gasteiger partial charge in [-0.3, -0.25) is 0 Å². The quantitative estimate of drug-likeness (QED) is 0.229. The van der Waals surface area contributed by atoms with Gasteiger partial charge in [-0.15, -0.1) is 0 Å². The lowest BCUT2D eigenvalue weighted by atomic mass is 9.47. The summed E-state index contributed by atoms with van der Waals surface area (Å²) in [6.07, 6.45) is -1.68. The first-order valence-electron chi connectivity index (χ1n) is 19.8. The highest BCUT2D eigenvalue weighted by molar-refractivity contribution is 5.26. The molecule has 51 heavy (non-hydrogen) atoms. The molecular formula is C39H62O12. The molecule has 290 valence electrons. The molecule has 4 aliphatic heterocycles. The van der Waals surface area contributed by atoms with Crippen molar-refractivity contribution in [3.05, 3.63) is 11.6 Å². The molecule has 3 saturated carbocycles. The molecule has 0 amide bonds. The van der Waals surface area contributed by atoms with Gasteiger partial charge < -0.3 is 59.1 Å². The van der Waals surface area contributed by atoms with Crippen LogP contribution in [-0.4, -0.2) is 123 Å². The van der Waals surface area contributed by atoms with Gasteiger partial charge >= 0.3 is 0 Å². The van der Waals surface area contributed by atoms with Crippen molar-refractivity contribution in [2.24, 2.45) is 46.3 Å².